The summed E-state index contributed by atoms with van der Waals surface area (Å²) < 4.78 is 1.56. The van der Waals surface area contributed by atoms with Gasteiger partial charge < -0.3 is 5.32 Å². The minimum absolute atomic E-state index is 0.0400. The third kappa shape index (κ3) is 2.84. The molecule has 0 atom stereocenters. The largest absolute Gasteiger partial charge is 0.300 e. The lowest BCUT2D eigenvalue weighted by Crippen LogP contribution is -2.36. The zero-order valence-corrected chi connectivity index (χ0v) is 14.6. The molecule has 0 aliphatic carbocycles. The van der Waals surface area contributed by atoms with E-state index in [1.54, 1.807) is 28.0 Å². The number of fused-ring (bicyclic) bond motifs is 1. The summed E-state index contributed by atoms with van der Waals surface area (Å²) in [6, 6.07) is 1.58. The Kier molecular flexibility index (Phi) is 3.88. The topological polar surface area (TPSA) is 59.3 Å². The summed E-state index contributed by atoms with van der Waals surface area (Å²) in [5, 5.41) is 6.38. The van der Waals surface area contributed by atoms with E-state index >= 15 is 0 Å². The third-order valence-electron chi connectivity index (χ3n) is 3.63. The minimum Gasteiger partial charge on any atom is -0.300 e. The maximum Gasteiger partial charge on any atom is 0.258 e. The van der Waals surface area contributed by atoms with E-state index in [0.29, 0.717) is 6.54 Å². The molecule has 0 spiro atoms. The summed E-state index contributed by atoms with van der Waals surface area (Å²) in [6.07, 6.45) is 1.75. The van der Waals surface area contributed by atoms with Crippen LogP contribution in [0.1, 0.15) is 35.1 Å². The molecule has 0 fully saturated rings. The van der Waals surface area contributed by atoms with E-state index in [0.717, 1.165) is 21.4 Å². The van der Waals surface area contributed by atoms with Gasteiger partial charge in [0.05, 0.1) is 16.9 Å². The molecule has 0 aliphatic rings. The summed E-state index contributed by atoms with van der Waals surface area (Å²) in [4.78, 5) is 23.1. The van der Waals surface area contributed by atoms with Crippen LogP contribution in [0.5, 0.6) is 0 Å². The van der Waals surface area contributed by atoms with E-state index in [1.165, 1.54) is 16.2 Å². The summed E-state index contributed by atoms with van der Waals surface area (Å²) in [5.41, 5.74) is 1.53. The van der Waals surface area contributed by atoms with Crippen LogP contribution in [0.25, 0.3) is 4.96 Å². The SMILES string of the molecule is Cc1nc(C(C)(C)NCc2cc(=O)n3ccsc3n2)sc1C. The number of thiazole rings is 2. The molecule has 7 heteroatoms. The first-order valence-electron chi connectivity index (χ1n) is 7.02. The molecule has 0 saturated heterocycles. The van der Waals surface area contributed by atoms with E-state index in [2.05, 4.69) is 36.1 Å². The highest BCUT2D eigenvalue weighted by atomic mass is 32.1. The van der Waals surface area contributed by atoms with Crippen molar-refractivity contribution in [1.29, 1.82) is 0 Å². The Morgan fingerprint density at radius 2 is 2.09 bits per heavy atom. The predicted octanol–water partition coefficient (Wildman–Crippen LogP) is 2.85. The molecule has 3 heterocycles. The van der Waals surface area contributed by atoms with Crippen LogP contribution < -0.4 is 10.9 Å². The highest BCUT2D eigenvalue weighted by molar-refractivity contribution is 7.15. The quantitative estimate of drug-likeness (QED) is 0.797. The molecular weight excluding hydrogens is 316 g/mol. The highest BCUT2D eigenvalue weighted by Gasteiger charge is 2.24. The van der Waals surface area contributed by atoms with E-state index < -0.39 is 0 Å². The van der Waals surface area contributed by atoms with Gasteiger partial charge in [-0.05, 0) is 27.7 Å². The summed E-state index contributed by atoms with van der Waals surface area (Å²) in [7, 11) is 0. The van der Waals surface area contributed by atoms with Gasteiger partial charge in [-0.15, -0.1) is 22.7 Å². The van der Waals surface area contributed by atoms with Crippen LogP contribution in [0, 0.1) is 13.8 Å². The third-order valence-corrected chi connectivity index (χ3v) is 5.78. The molecule has 0 unspecified atom stereocenters. The van der Waals surface area contributed by atoms with Crippen LogP contribution in [-0.2, 0) is 12.1 Å². The second-order valence-corrected chi connectivity index (χ2v) is 7.86. The highest BCUT2D eigenvalue weighted by Crippen LogP contribution is 2.27. The van der Waals surface area contributed by atoms with Crippen molar-refractivity contribution in [3.8, 4) is 0 Å². The van der Waals surface area contributed by atoms with Gasteiger partial charge in [0, 0.05) is 29.1 Å². The molecule has 116 valence electrons. The van der Waals surface area contributed by atoms with E-state index in [4.69, 9.17) is 0 Å². The van der Waals surface area contributed by atoms with Crippen LogP contribution >= 0.6 is 22.7 Å². The molecule has 5 nitrogen and oxygen atoms in total. The fourth-order valence-corrected chi connectivity index (χ4v) is 3.84. The first-order chi connectivity index (χ1) is 10.4. The van der Waals surface area contributed by atoms with Gasteiger partial charge in [0.25, 0.3) is 5.56 Å². The van der Waals surface area contributed by atoms with E-state index in [-0.39, 0.29) is 11.1 Å². The lowest BCUT2D eigenvalue weighted by Gasteiger charge is -2.23. The average molecular weight is 334 g/mol. The summed E-state index contributed by atoms with van der Waals surface area (Å²) >= 11 is 3.17. The fourth-order valence-electron chi connectivity index (χ4n) is 2.11. The maximum atomic E-state index is 12.0. The zero-order chi connectivity index (χ0) is 15.9. The van der Waals surface area contributed by atoms with Crippen molar-refractivity contribution in [2.75, 3.05) is 0 Å². The zero-order valence-electron chi connectivity index (χ0n) is 13.0. The van der Waals surface area contributed by atoms with Crippen LogP contribution in [0.2, 0.25) is 0 Å². The number of nitrogens with one attached hydrogen (secondary N) is 1. The van der Waals surface area contributed by atoms with Gasteiger partial charge in [-0.3, -0.25) is 9.20 Å². The molecule has 0 bridgehead atoms. The molecule has 3 aromatic heterocycles. The molecule has 0 aliphatic heterocycles. The Morgan fingerprint density at radius 3 is 2.77 bits per heavy atom. The number of rotatable bonds is 4. The lowest BCUT2D eigenvalue weighted by atomic mass is 10.1. The Hall–Kier alpha value is -1.57. The number of hydrogen-bond acceptors (Lipinski definition) is 6. The first kappa shape index (κ1) is 15.3. The Labute approximate surface area is 136 Å². The average Bonchev–Trinajstić information content (AvgIpc) is 3.05. The van der Waals surface area contributed by atoms with Gasteiger partial charge >= 0.3 is 0 Å². The van der Waals surface area contributed by atoms with Gasteiger partial charge in [-0.2, -0.15) is 0 Å². The van der Waals surface area contributed by atoms with Crippen molar-refractivity contribution in [3.63, 3.8) is 0 Å². The van der Waals surface area contributed by atoms with Gasteiger partial charge in [-0.1, -0.05) is 0 Å². The van der Waals surface area contributed by atoms with Crippen LogP contribution in [0.3, 0.4) is 0 Å². The van der Waals surface area contributed by atoms with Crippen molar-refractivity contribution >= 4 is 27.6 Å². The standard InChI is InChI=1S/C15H18N4OS2/c1-9-10(2)22-13(17-9)15(3,4)16-8-11-7-12(20)19-5-6-21-14(19)18-11/h5-7,16H,8H2,1-4H3. The van der Waals surface area contributed by atoms with Crippen LogP contribution in [0.15, 0.2) is 22.4 Å². The van der Waals surface area contributed by atoms with E-state index in [1.807, 2.05) is 12.3 Å². The van der Waals surface area contributed by atoms with Crippen molar-refractivity contribution < 1.29 is 0 Å². The first-order valence-corrected chi connectivity index (χ1v) is 8.72. The number of aryl methyl sites for hydroxylation is 2. The van der Waals surface area contributed by atoms with Crippen molar-refractivity contribution in [3.05, 3.63) is 49.3 Å². The van der Waals surface area contributed by atoms with Crippen LogP contribution in [0.4, 0.5) is 0 Å². The Balaban J connectivity index is 1.81. The number of aromatic nitrogens is 3. The van der Waals surface area contributed by atoms with Gasteiger partial charge in [0.2, 0.25) is 0 Å². The second kappa shape index (κ2) is 5.57. The summed E-state index contributed by atoms with van der Waals surface area (Å²) in [6.45, 7) is 8.84. The van der Waals surface area contributed by atoms with Gasteiger partial charge in [-0.25, -0.2) is 9.97 Å². The molecule has 0 saturated carbocycles. The lowest BCUT2D eigenvalue weighted by molar-refractivity contribution is 0.396. The summed E-state index contributed by atoms with van der Waals surface area (Å²) in [5.74, 6) is 0. The molecule has 0 amide bonds. The number of nitrogens with zero attached hydrogens (tertiary/aromatic N) is 3. The molecular formula is C15H18N4OS2. The van der Waals surface area contributed by atoms with Gasteiger partial charge in [0.1, 0.15) is 5.01 Å². The Bertz CT molecular complexity index is 856. The van der Waals surface area contributed by atoms with Crippen molar-refractivity contribution in [2.24, 2.45) is 0 Å². The van der Waals surface area contributed by atoms with Crippen molar-refractivity contribution in [1.82, 2.24) is 19.7 Å². The second-order valence-electron chi connectivity index (χ2n) is 5.78. The van der Waals surface area contributed by atoms with Crippen LogP contribution in [-0.4, -0.2) is 14.4 Å². The molecule has 3 rings (SSSR count). The molecule has 0 radical (unpaired) electrons. The fraction of sp³-hybridized carbons (Fsp3) is 0.400. The Morgan fingerprint density at radius 1 is 1.32 bits per heavy atom. The molecule has 1 N–H and O–H groups in total. The number of hydrogen-bond donors (Lipinski definition) is 1. The monoisotopic (exact) mass is 334 g/mol. The normalized spacial score (nSPS) is 12.2. The smallest absolute Gasteiger partial charge is 0.258 e. The minimum atomic E-state index is -0.258. The van der Waals surface area contributed by atoms with Crippen molar-refractivity contribution in [2.45, 2.75) is 39.8 Å². The van der Waals surface area contributed by atoms with Gasteiger partial charge in [0.15, 0.2) is 4.96 Å². The van der Waals surface area contributed by atoms with E-state index in [9.17, 15) is 4.79 Å². The maximum absolute atomic E-state index is 12.0. The molecule has 22 heavy (non-hydrogen) atoms. The molecule has 0 aromatic carbocycles. The molecule has 3 aromatic rings. The predicted molar refractivity (Wildman–Crippen MR) is 90.8 cm³/mol.